The molecule has 3 rings (SSSR count). The van der Waals surface area contributed by atoms with Crippen LogP contribution in [0.4, 0.5) is 11.4 Å². The van der Waals surface area contributed by atoms with Crippen molar-refractivity contribution in [2.24, 2.45) is 5.92 Å². The summed E-state index contributed by atoms with van der Waals surface area (Å²) in [6, 6.07) is 18.1. The molecule has 1 saturated carbocycles. The highest BCUT2D eigenvalue weighted by molar-refractivity contribution is 5.94. The summed E-state index contributed by atoms with van der Waals surface area (Å²) < 4.78 is 0. The van der Waals surface area contributed by atoms with Gasteiger partial charge in [-0.25, -0.2) is 0 Å². The summed E-state index contributed by atoms with van der Waals surface area (Å²) in [6.45, 7) is 0.779. The average molecular weight is 266 g/mol. The molecule has 3 nitrogen and oxygen atoms in total. The van der Waals surface area contributed by atoms with Crippen LogP contribution in [0, 0.1) is 5.92 Å². The molecule has 0 aliphatic heterocycles. The van der Waals surface area contributed by atoms with Crippen molar-refractivity contribution < 1.29 is 4.79 Å². The Labute approximate surface area is 119 Å². The number of amides is 1. The van der Waals surface area contributed by atoms with Crippen LogP contribution in [0.15, 0.2) is 54.6 Å². The zero-order valence-electron chi connectivity index (χ0n) is 11.3. The average Bonchev–Trinajstić information content (AvgIpc) is 3.31. The van der Waals surface area contributed by atoms with E-state index in [1.807, 2.05) is 42.5 Å². The van der Waals surface area contributed by atoms with Gasteiger partial charge in [0, 0.05) is 23.8 Å². The Hall–Kier alpha value is -2.29. The van der Waals surface area contributed by atoms with Gasteiger partial charge in [0.15, 0.2) is 0 Å². The summed E-state index contributed by atoms with van der Waals surface area (Å²) >= 11 is 0. The summed E-state index contributed by atoms with van der Waals surface area (Å²) in [5.74, 6) is 0.376. The number of anilines is 2. The number of hydrogen-bond acceptors (Lipinski definition) is 2. The summed E-state index contributed by atoms with van der Waals surface area (Å²) in [6.07, 6.45) is 2.05. The molecular weight excluding hydrogens is 248 g/mol. The zero-order chi connectivity index (χ0) is 13.8. The summed E-state index contributed by atoms with van der Waals surface area (Å²) in [4.78, 5) is 11.7. The lowest BCUT2D eigenvalue weighted by atomic mass is 10.2. The fourth-order valence-corrected chi connectivity index (χ4v) is 2.10. The molecule has 0 heterocycles. The molecule has 1 aliphatic carbocycles. The van der Waals surface area contributed by atoms with Crippen molar-refractivity contribution in [1.82, 2.24) is 0 Å². The Bertz CT molecular complexity index is 591. The molecule has 2 aromatic carbocycles. The van der Waals surface area contributed by atoms with Crippen LogP contribution < -0.4 is 10.6 Å². The maximum atomic E-state index is 11.7. The molecule has 1 aliphatic rings. The smallest absolute Gasteiger partial charge is 0.227 e. The minimum absolute atomic E-state index is 0.144. The Morgan fingerprint density at radius 2 is 1.75 bits per heavy atom. The molecule has 1 fully saturated rings. The predicted molar refractivity (Wildman–Crippen MR) is 81.6 cm³/mol. The monoisotopic (exact) mass is 266 g/mol. The van der Waals surface area contributed by atoms with Crippen molar-refractivity contribution >= 4 is 17.3 Å². The highest BCUT2D eigenvalue weighted by Gasteiger charge is 2.29. The number of hydrogen-bond donors (Lipinski definition) is 2. The molecular formula is C17H18N2O. The van der Waals surface area contributed by atoms with Crippen molar-refractivity contribution in [1.29, 1.82) is 0 Å². The van der Waals surface area contributed by atoms with Crippen LogP contribution >= 0.6 is 0 Å². The molecule has 1 amide bonds. The standard InChI is InChI=1S/C17H18N2O/c20-17(14-9-10-14)19-16-8-4-7-15(11-16)18-12-13-5-2-1-3-6-13/h1-8,11,14,18H,9-10,12H2,(H,19,20). The van der Waals surface area contributed by atoms with E-state index in [9.17, 15) is 4.79 Å². The normalized spacial score (nSPS) is 13.8. The van der Waals surface area contributed by atoms with E-state index in [1.165, 1.54) is 5.56 Å². The number of rotatable bonds is 5. The van der Waals surface area contributed by atoms with E-state index in [4.69, 9.17) is 0 Å². The van der Waals surface area contributed by atoms with Gasteiger partial charge in [0.2, 0.25) is 5.91 Å². The molecule has 2 N–H and O–H groups in total. The van der Waals surface area contributed by atoms with Crippen molar-refractivity contribution in [3.63, 3.8) is 0 Å². The second-order valence-electron chi connectivity index (χ2n) is 5.18. The van der Waals surface area contributed by atoms with E-state index >= 15 is 0 Å². The molecule has 0 spiro atoms. The zero-order valence-corrected chi connectivity index (χ0v) is 11.3. The van der Waals surface area contributed by atoms with Crippen molar-refractivity contribution in [2.75, 3.05) is 10.6 Å². The SMILES string of the molecule is O=C(Nc1cccc(NCc2ccccc2)c1)C1CC1. The second-order valence-corrected chi connectivity index (χ2v) is 5.18. The highest BCUT2D eigenvalue weighted by atomic mass is 16.2. The van der Waals surface area contributed by atoms with Crippen LogP contribution in [0.5, 0.6) is 0 Å². The van der Waals surface area contributed by atoms with Crippen LogP contribution in [-0.4, -0.2) is 5.91 Å². The van der Waals surface area contributed by atoms with Gasteiger partial charge in [-0.15, -0.1) is 0 Å². The molecule has 20 heavy (non-hydrogen) atoms. The first-order chi connectivity index (χ1) is 9.81. The van der Waals surface area contributed by atoms with Gasteiger partial charge in [0.05, 0.1) is 0 Å². The van der Waals surface area contributed by atoms with Gasteiger partial charge >= 0.3 is 0 Å². The van der Waals surface area contributed by atoms with Gasteiger partial charge < -0.3 is 10.6 Å². The van der Waals surface area contributed by atoms with Gasteiger partial charge in [-0.05, 0) is 36.6 Å². The van der Waals surface area contributed by atoms with Gasteiger partial charge in [0.1, 0.15) is 0 Å². The van der Waals surface area contributed by atoms with Crippen molar-refractivity contribution in [2.45, 2.75) is 19.4 Å². The van der Waals surface area contributed by atoms with E-state index in [2.05, 4.69) is 22.8 Å². The third-order valence-electron chi connectivity index (χ3n) is 3.42. The molecule has 102 valence electrons. The first-order valence-corrected chi connectivity index (χ1v) is 7.00. The lowest BCUT2D eigenvalue weighted by Crippen LogP contribution is -2.13. The topological polar surface area (TPSA) is 41.1 Å². The molecule has 2 aromatic rings. The second kappa shape index (κ2) is 5.78. The molecule has 3 heteroatoms. The Kier molecular flexibility index (Phi) is 3.68. The van der Waals surface area contributed by atoms with Gasteiger partial charge in [-0.2, -0.15) is 0 Å². The van der Waals surface area contributed by atoms with E-state index < -0.39 is 0 Å². The van der Waals surface area contributed by atoms with E-state index in [0.717, 1.165) is 30.8 Å². The van der Waals surface area contributed by atoms with E-state index in [1.54, 1.807) is 0 Å². The Morgan fingerprint density at radius 1 is 1.00 bits per heavy atom. The van der Waals surface area contributed by atoms with Crippen LogP contribution in [0.1, 0.15) is 18.4 Å². The highest BCUT2D eigenvalue weighted by Crippen LogP contribution is 2.30. The van der Waals surface area contributed by atoms with Crippen LogP contribution in [0.2, 0.25) is 0 Å². The molecule has 0 saturated heterocycles. The van der Waals surface area contributed by atoms with E-state index in [0.29, 0.717) is 0 Å². The van der Waals surface area contributed by atoms with Crippen molar-refractivity contribution in [3.05, 3.63) is 60.2 Å². The fourth-order valence-electron chi connectivity index (χ4n) is 2.10. The summed E-state index contributed by atoms with van der Waals surface area (Å²) in [5, 5.41) is 6.33. The molecule has 0 bridgehead atoms. The first-order valence-electron chi connectivity index (χ1n) is 7.00. The van der Waals surface area contributed by atoms with Gasteiger partial charge in [-0.1, -0.05) is 36.4 Å². The minimum atomic E-state index is 0.144. The summed E-state index contributed by atoms with van der Waals surface area (Å²) in [7, 11) is 0. The van der Waals surface area contributed by atoms with Crippen LogP contribution in [0.25, 0.3) is 0 Å². The number of nitrogens with one attached hydrogen (secondary N) is 2. The maximum absolute atomic E-state index is 11.7. The molecule has 0 unspecified atom stereocenters. The van der Waals surface area contributed by atoms with Crippen LogP contribution in [0.3, 0.4) is 0 Å². The third-order valence-corrected chi connectivity index (χ3v) is 3.42. The molecule has 0 aromatic heterocycles. The predicted octanol–water partition coefficient (Wildman–Crippen LogP) is 3.65. The summed E-state index contributed by atoms with van der Waals surface area (Å²) in [5.41, 5.74) is 3.11. The maximum Gasteiger partial charge on any atom is 0.227 e. The minimum Gasteiger partial charge on any atom is -0.381 e. The lowest BCUT2D eigenvalue weighted by Gasteiger charge is -2.09. The number of carbonyl (C=O) groups excluding carboxylic acids is 1. The number of carbonyl (C=O) groups is 1. The third kappa shape index (κ3) is 3.38. The quantitative estimate of drug-likeness (QED) is 0.867. The lowest BCUT2D eigenvalue weighted by molar-refractivity contribution is -0.117. The molecule has 0 radical (unpaired) electrons. The Balaban J connectivity index is 1.60. The first kappa shape index (κ1) is 12.7. The number of benzene rings is 2. The van der Waals surface area contributed by atoms with Crippen molar-refractivity contribution in [3.8, 4) is 0 Å². The fraction of sp³-hybridized carbons (Fsp3) is 0.235. The Morgan fingerprint density at radius 3 is 2.50 bits per heavy atom. The van der Waals surface area contributed by atoms with Gasteiger partial charge in [0.25, 0.3) is 0 Å². The molecule has 0 atom stereocenters. The van der Waals surface area contributed by atoms with E-state index in [-0.39, 0.29) is 11.8 Å². The van der Waals surface area contributed by atoms with Crippen LogP contribution in [-0.2, 0) is 11.3 Å². The van der Waals surface area contributed by atoms with Gasteiger partial charge in [-0.3, -0.25) is 4.79 Å². The largest absolute Gasteiger partial charge is 0.381 e.